The Hall–Kier alpha value is -2.29. The van der Waals surface area contributed by atoms with Crippen LogP contribution in [0.3, 0.4) is 0 Å². The van der Waals surface area contributed by atoms with Crippen molar-refractivity contribution in [3.8, 4) is 5.69 Å². The van der Waals surface area contributed by atoms with Crippen molar-refractivity contribution in [1.29, 1.82) is 0 Å². The van der Waals surface area contributed by atoms with E-state index in [0.29, 0.717) is 28.9 Å². The first-order valence-electron chi connectivity index (χ1n) is 10.4. The zero-order valence-electron chi connectivity index (χ0n) is 18.8. The molecule has 0 aliphatic heterocycles. The summed E-state index contributed by atoms with van der Waals surface area (Å²) >= 11 is 17.1. The zero-order chi connectivity index (χ0) is 24.4. The van der Waals surface area contributed by atoms with Gasteiger partial charge in [-0.15, -0.1) is 0 Å². The van der Waals surface area contributed by atoms with E-state index in [4.69, 9.17) is 44.3 Å². The van der Waals surface area contributed by atoms with Gasteiger partial charge in [-0.2, -0.15) is 14.9 Å². The van der Waals surface area contributed by atoms with Crippen LogP contribution < -0.4 is 0 Å². The molecule has 8 nitrogen and oxygen atoms in total. The van der Waals surface area contributed by atoms with Crippen LogP contribution in [0.2, 0.25) is 0 Å². The first kappa shape index (κ1) is 25.3. The summed E-state index contributed by atoms with van der Waals surface area (Å²) in [6.45, 7) is 7.88. The number of nitrogens with zero attached hydrogens (tertiary/aromatic N) is 4. The Kier molecular flexibility index (Phi) is 7.61. The molecule has 0 aliphatic carbocycles. The van der Waals surface area contributed by atoms with Gasteiger partial charge < -0.3 is 9.47 Å². The Labute approximate surface area is 206 Å². The van der Waals surface area contributed by atoms with E-state index in [-0.39, 0.29) is 11.1 Å². The third-order valence-electron chi connectivity index (χ3n) is 4.75. The second kappa shape index (κ2) is 9.91. The standard InChI is InChI=1S/C22H25Cl3N4O4/c1-5-6-9-32-20(31)29-16-8-7-15(10-14(16)12-26-29)28-17(11-18(27-28)21(2,3)4)19(30)33-13-22(23,24)25/h7-8,10-12H,5-6,9,13H2,1-4H3. The molecule has 1 aromatic carbocycles. The summed E-state index contributed by atoms with van der Waals surface area (Å²) in [5.41, 5.74) is 1.69. The van der Waals surface area contributed by atoms with Gasteiger partial charge in [0.15, 0.2) is 5.69 Å². The molecule has 11 heteroatoms. The summed E-state index contributed by atoms with van der Waals surface area (Å²) in [4.78, 5) is 25.1. The van der Waals surface area contributed by atoms with E-state index in [0.717, 1.165) is 12.8 Å². The molecule has 0 aliphatic rings. The van der Waals surface area contributed by atoms with E-state index in [1.165, 1.54) is 9.36 Å². The fourth-order valence-electron chi connectivity index (χ4n) is 2.97. The van der Waals surface area contributed by atoms with E-state index in [9.17, 15) is 9.59 Å². The van der Waals surface area contributed by atoms with Crippen LogP contribution in [0.15, 0.2) is 30.5 Å². The highest BCUT2D eigenvalue weighted by Gasteiger charge is 2.28. The number of hydrogen-bond donors (Lipinski definition) is 0. The van der Waals surface area contributed by atoms with Crippen molar-refractivity contribution in [1.82, 2.24) is 19.6 Å². The minimum absolute atomic E-state index is 0.180. The summed E-state index contributed by atoms with van der Waals surface area (Å²) in [7, 11) is 0. The van der Waals surface area contributed by atoms with Gasteiger partial charge in [-0.3, -0.25) is 0 Å². The lowest BCUT2D eigenvalue weighted by atomic mass is 9.92. The van der Waals surface area contributed by atoms with Gasteiger partial charge in [0.25, 0.3) is 0 Å². The van der Waals surface area contributed by atoms with E-state index in [2.05, 4.69) is 10.2 Å². The van der Waals surface area contributed by atoms with Crippen molar-refractivity contribution in [2.75, 3.05) is 13.2 Å². The van der Waals surface area contributed by atoms with Crippen molar-refractivity contribution in [2.24, 2.45) is 0 Å². The van der Waals surface area contributed by atoms with Gasteiger partial charge in [-0.1, -0.05) is 68.9 Å². The van der Waals surface area contributed by atoms with Crippen LogP contribution >= 0.6 is 34.8 Å². The van der Waals surface area contributed by atoms with Crippen molar-refractivity contribution in [3.05, 3.63) is 41.9 Å². The summed E-state index contributed by atoms with van der Waals surface area (Å²) in [5.74, 6) is -0.681. The minimum atomic E-state index is -1.73. The molecule has 0 bridgehead atoms. The average Bonchev–Trinajstić information content (AvgIpc) is 3.35. The molecule has 2 heterocycles. The van der Waals surface area contributed by atoms with Crippen LogP contribution in [-0.4, -0.2) is 48.6 Å². The van der Waals surface area contributed by atoms with Crippen molar-refractivity contribution >= 4 is 57.8 Å². The van der Waals surface area contributed by atoms with Crippen molar-refractivity contribution in [3.63, 3.8) is 0 Å². The van der Waals surface area contributed by atoms with Gasteiger partial charge in [0.05, 0.1) is 29.7 Å². The highest BCUT2D eigenvalue weighted by molar-refractivity contribution is 6.67. The van der Waals surface area contributed by atoms with Gasteiger partial charge in [0.2, 0.25) is 3.79 Å². The van der Waals surface area contributed by atoms with Crippen LogP contribution in [0.5, 0.6) is 0 Å². The fourth-order valence-corrected chi connectivity index (χ4v) is 3.14. The zero-order valence-corrected chi connectivity index (χ0v) is 21.0. The Bertz CT molecular complexity index is 1160. The van der Waals surface area contributed by atoms with Gasteiger partial charge >= 0.3 is 12.1 Å². The lowest BCUT2D eigenvalue weighted by Gasteiger charge is -2.14. The SMILES string of the molecule is CCCCOC(=O)n1ncc2cc(-n3nc(C(C)(C)C)cc3C(=O)OCC(Cl)(Cl)Cl)ccc21. The summed E-state index contributed by atoms with van der Waals surface area (Å²) in [6, 6.07) is 6.86. The lowest BCUT2D eigenvalue weighted by Crippen LogP contribution is -2.19. The number of esters is 1. The minimum Gasteiger partial charge on any atom is -0.456 e. The molecular formula is C22H25Cl3N4O4. The number of unbranched alkanes of at least 4 members (excludes halogenated alkanes) is 1. The predicted octanol–water partition coefficient (Wildman–Crippen LogP) is 5.83. The van der Waals surface area contributed by atoms with Crippen molar-refractivity contribution < 1.29 is 19.1 Å². The van der Waals surface area contributed by atoms with Crippen LogP contribution in [0.25, 0.3) is 16.6 Å². The maximum absolute atomic E-state index is 12.8. The average molecular weight is 516 g/mol. The van der Waals surface area contributed by atoms with Gasteiger partial charge in [-0.05, 0) is 30.7 Å². The molecule has 0 amide bonds. The monoisotopic (exact) mass is 514 g/mol. The van der Waals surface area contributed by atoms with Crippen LogP contribution in [-0.2, 0) is 14.9 Å². The molecule has 0 atom stereocenters. The molecule has 0 saturated heterocycles. The summed E-state index contributed by atoms with van der Waals surface area (Å²) in [6.07, 6.45) is 2.70. The van der Waals surface area contributed by atoms with Gasteiger partial charge in [0, 0.05) is 10.8 Å². The maximum Gasteiger partial charge on any atom is 0.435 e. The fraction of sp³-hybridized carbons (Fsp3) is 0.455. The molecule has 0 N–H and O–H groups in total. The predicted molar refractivity (Wildman–Crippen MR) is 128 cm³/mol. The molecule has 3 aromatic rings. The Morgan fingerprint density at radius 3 is 2.45 bits per heavy atom. The molecule has 2 aromatic heterocycles. The largest absolute Gasteiger partial charge is 0.456 e. The molecule has 33 heavy (non-hydrogen) atoms. The van der Waals surface area contributed by atoms with Crippen LogP contribution in [0.1, 0.15) is 56.7 Å². The second-order valence-corrected chi connectivity index (χ2v) is 11.1. The first-order valence-corrected chi connectivity index (χ1v) is 11.5. The molecule has 0 unspecified atom stereocenters. The number of carbonyl (C=O) groups is 2. The molecule has 0 saturated carbocycles. The number of hydrogen-bond acceptors (Lipinski definition) is 6. The number of alkyl halides is 3. The van der Waals surface area contributed by atoms with Crippen LogP contribution in [0.4, 0.5) is 4.79 Å². The topological polar surface area (TPSA) is 88.2 Å². The Morgan fingerprint density at radius 1 is 1.09 bits per heavy atom. The third-order valence-corrected chi connectivity index (χ3v) is 5.07. The number of benzene rings is 1. The number of fused-ring (bicyclic) bond motifs is 1. The first-order chi connectivity index (χ1) is 15.4. The smallest absolute Gasteiger partial charge is 0.435 e. The summed E-state index contributed by atoms with van der Waals surface area (Å²) < 4.78 is 11.4. The number of aromatic nitrogens is 4. The number of halogens is 3. The third kappa shape index (κ3) is 6.19. The Morgan fingerprint density at radius 2 is 1.82 bits per heavy atom. The normalized spacial score (nSPS) is 12.2. The Balaban J connectivity index is 1.97. The van der Waals surface area contributed by atoms with Crippen LogP contribution in [0, 0.1) is 0 Å². The number of ether oxygens (including phenoxy) is 2. The number of carbonyl (C=O) groups excluding carboxylic acids is 2. The lowest BCUT2D eigenvalue weighted by molar-refractivity contribution is 0.0501. The quantitative estimate of drug-likeness (QED) is 0.233. The van der Waals surface area contributed by atoms with E-state index < -0.39 is 22.5 Å². The van der Waals surface area contributed by atoms with E-state index in [1.54, 1.807) is 30.5 Å². The van der Waals surface area contributed by atoms with Gasteiger partial charge in [0.1, 0.15) is 6.61 Å². The molecule has 178 valence electrons. The maximum atomic E-state index is 12.8. The molecule has 3 rings (SSSR count). The number of rotatable bonds is 6. The van der Waals surface area contributed by atoms with Gasteiger partial charge in [-0.25, -0.2) is 14.3 Å². The van der Waals surface area contributed by atoms with E-state index in [1.807, 2.05) is 27.7 Å². The second-order valence-electron chi connectivity index (χ2n) is 8.54. The molecule has 0 fully saturated rings. The van der Waals surface area contributed by atoms with Crippen molar-refractivity contribution in [2.45, 2.75) is 49.7 Å². The molecular weight excluding hydrogens is 491 g/mol. The summed E-state index contributed by atoms with van der Waals surface area (Å²) in [5, 5.41) is 9.43. The highest BCUT2D eigenvalue weighted by Crippen LogP contribution is 2.28. The molecule has 0 radical (unpaired) electrons. The van der Waals surface area contributed by atoms with E-state index >= 15 is 0 Å². The highest BCUT2D eigenvalue weighted by atomic mass is 35.6. The molecule has 0 spiro atoms.